The van der Waals surface area contributed by atoms with Crippen molar-refractivity contribution in [2.75, 3.05) is 5.32 Å². The van der Waals surface area contributed by atoms with E-state index in [4.69, 9.17) is 0 Å². The van der Waals surface area contributed by atoms with Crippen LogP contribution in [0.25, 0.3) is 0 Å². The Morgan fingerprint density at radius 2 is 1.74 bits per heavy atom. The number of amides is 1. The molecule has 0 spiro atoms. The first-order chi connectivity index (χ1) is 11.1. The first-order valence-electron chi connectivity index (χ1n) is 8.01. The molecule has 0 aliphatic heterocycles. The van der Waals surface area contributed by atoms with Gasteiger partial charge in [0.2, 0.25) is 5.91 Å². The van der Waals surface area contributed by atoms with Gasteiger partial charge < -0.3 is 5.32 Å². The van der Waals surface area contributed by atoms with Crippen LogP contribution in [-0.4, -0.2) is 11.9 Å². The van der Waals surface area contributed by atoms with Gasteiger partial charge in [-0.2, -0.15) is 0 Å². The second kappa shape index (κ2) is 6.92. The average molecular weight is 312 g/mol. The number of halogens is 1. The van der Waals surface area contributed by atoms with Gasteiger partial charge in [0, 0.05) is 11.7 Å². The monoisotopic (exact) mass is 312 g/mol. The maximum absolute atomic E-state index is 13.0. The quantitative estimate of drug-likeness (QED) is 0.849. The highest BCUT2D eigenvalue weighted by atomic mass is 19.1. The fraction of sp³-hybridized carbons (Fsp3) is 0.316. The van der Waals surface area contributed by atoms with Gasteiger partial charge in [0.15, 0.2) is 0 Å². The Labute approximate surface area is 135 Å². The predicted molar refractivity (Wildman–Crippen MR) is 89.5 cm³/mol. The summed E-state index contributed by atoms with van der Waals surface area (Å²) in [6.07, 6.45) is 2.44. The highest BCUT2D eigenvalue weighted by molar-refractivity contribution is 5.95. The van der Waals surface area contributed by atoms with Crippen molar-refractivity contribution < 1.29 is 9.18 Å². The fourth-order valence-corrected chi connectivity index (χ4v) is 2.71. The number of benzene rings is 2. The molecule has 23 heavy (non-hydrogen) atoms. The summed E-state index contributed by atoms with van der Waals surface area (Å²) in [4.78, 5) is 12.7. The zero-order valence-electron chi connectivity index (χ0n) is 13.1. The number of carbonyl (C=O) groups excluding carboxylic acids is 1. The lowest BCUT2D eigenvalue weighted by Gasteiger charge is -2.23. The Kier molecular flexibility index (Phi) is 4.72. The minimum atomic E-state index is -0.420. The van der Waals surface area contributed by atoms with E-state index >= 15 is 0 Å². The molecule has 0 radical (unpaired) electrons. The van der Waals surface area contributed by atoms with Crippen LogP contribution >= 0.6 is 0 Å². The summed E-state index contributed by atoms with van der Waals surface area (Å²) in [7, 11) is 0. The lowest BCUT2D eigenvalue weighted by molar-refractivity contribution is -0.118. The van der Waals surface area contributed by atoms with Crippen LogP contribution < -0.4 is 10.6 Å². The summed E-state index contributed by atoms with van der Waals surface area (Å²) in [6, 6.07) is 15.4. The molecule has 3 nitrogen and oxygen atoms in total. The average Bonchev–Trinajstić information content (AvgIpc) is 3.40. The van der Waals surface area contributed by atoms with Gasteiger partial charge in [-0.05, 0) is 55.5 Å². The van der Waals surface area contributed by atoms with E-state index in [0.717, 1.165) is 5.56 Å². The number of rotatable bonds is 6. The van der Waals surface area contributed by atoms with Crippen LogP contribution in [-0.2, 0) is 4.79 Å². The van der Waals surface area contributed by atoms with Gasteiger partial charge in [0.25, 0.3) is 0 Å². The Morgan fingerprint density at radius 3 is 2.35 bits per heavy atom. The lowest BCUT2D eigenvalue weighted by atomic mass is 10.0. The fourth-order valence-electron chi connectivity index (χ4n) is 2.71. The molecular weight excluding hydrogens is 291 g/mol. The van der Waals surface area contributed by atoms with Gasteiger partial charge >= 0.3 is 0 Å². The molecule has 120 valence electrons. The Bertz CT molecular complexity index is 653. The molecule has 0 saturated heterocycles. The molecule has 2 N–H and O–H groups in total. The molecule has 2 unspecified atom stereocenters. The molecule has 0 bridgehead atoms. The van der Waals surface area contributed by atoms with E-state index in [2.05, 4.69) is 17.6 Å². The van der Waals surface area contributed by atoms with Crippen LogP contribution in [0, 0.1) is 11.7 Å². The first-order valence-corrected chi connectivity index (χ1v) is 8.01. The molecule has 1 aliphatic rings. The maximum Gasteiger partial charge on any atom is 0.246 e. The summed E-state index contributed by atoms with van der Waals surface area (Å²) in [6.45, 7) is 2.12. The van der Waals surface area contributed by atoms with E-state index in [9.17, 15) is 9.18 Å². The third-order valence-corrected chi connectivity index (χ3v) is 4.27. The zero-order valence-corrected chi connectivity index (χ0v) is 13.1. The molecule has 2 aromatic rings. The molecule has 3 rings (SSSR count). The van der Waals surface area contributed by atoms with Gasteiger partial charge in [0.1, 0.15) is 11.9 Å². The summed E-state index contributed by atoms with van der Waals surface area (Å²) in [5.74, 6) is 0.207. The normalized spacial score (nSPS) is 16.6. The molecule has 4 heteroatoms. The van der Waals surface area contributed by atoms with Gasteiger partial charge in [0.05, 0.1) is 0 Å². The van der Waals surface area contributed by atoms with E-state index in [1.807, 2.05) is 30.3 Å². The molecule has 0 aromatic heterocycles. The van der Waals surface area contributed by atoms with Crippen LogP contribution in [0.1, 0.15) is 31.4 Å². The van der Waals surface area contributed by atoms with Crippen LogP contribution in [0.3, 0.4) is 0 Å². The van der Waals surface area contributed by atoms with Gasteiger partial charge in [-0.1, -0.05) is 30.3 Å². The predicted octanol–water partition coefficient (Wildman–Crippen LogP) is 3.89. The highest BCUT2D eigenvalue weighted by Gasteiger charge is 2.31. The molecule has 1 amide bonds. The van der Waals surface area contributed by atoms with E-state index < -0.39 is 6.04 Å². The number of nitrogens with one attached hydrogen (secondary N) is 2. The van der Waals surface area contributed by atoms with Crippen molar-refractivity contribution in [1.82, 2.24) is 5.32 Å². The molecular formula is C19H21FN2O. The zero-order chi connectivity index (χ0) is 16.2. The van der Waals surface area contributed by atoms with Crippen LogP contribution in [0.2, 0.25) is 0 Å². The smallest absolute Gasteiger partial charge is 0.246 e. The van der Waals surface area contributed by atoms with Crippen LogP contribution in [0.15, 0.2) is 54.6 Å². The summed E-state index contributed by atoms with van der Waals surface area (Å²) in [5.41, 5.74) is 1.53. The Hall–Kier alpha value is -2.20. The number of hydrogen-bond acceptors (Lipinski definition) is 2. The van der Waals surface area contributed by atoms with E-state index in [1.54, 1.807) is 12.1 Å². The van der Waals surface area contributed by atoms with Crippen molar-refractivity contribution in [3.05, 3.63) is 66.0 Å². The molecule has 1 aliphatic carbocycles. The van der Waals surface area contributed by atoms with Crippen molar-refractivity contribution in [2.45, 2.75) is 31.8 Å². The first kappa shape index (κ1) is 15.7. The van der Waals surface area contributed by atoms with Crippen molar-refractivity contribution >= 4 is 11.6 Å². The number of hydrogen-bond donors (Lipinski definition) is 2. The molecule has 1 fully saturated rings. The van der Waals surface area contributed by atoms with E-state index in [1.165, 1.54) is 25.0 Å². The molecule has 2 aromatic carbocycles. The standard InChI is InChI=1S/C19H21FN2O/c1-13(14-7-8-14)21-18(15-5-3-2-4-6-15)19(23)22-17-11-9-16(20)10-12-17/h2-6,9-14,18,21H,7-8H2,1H3,(H,22,23). The van der Waals surface area contributed by atoms with Crippen molar-refractivity contribution in [2.24, 2.45) is 5.92 Å². The molecule has 0 heterocycles. The number of anilines is 1. The maximum atomic E-state index is 13.0. The van der Waals surface area contributed by atoms with Gasteiger partial charge in [-0.25, -0.2) is 4.39 Å². The third kappa shape index (κ3) is 4.17. The highest BCUT2D eigenvalue weighted by Crippen LogP contribution is 2.33. The minimum absolute atomic E-state index is 0.129. The lowest BCUT2D eigenvalue weighted by Crippen LogP contribution is -2.39. The van der Waals surface area contributed by atoms with E-state index in [0.29, 0.717) is 17.6 Å². The summed E-state index contributed by atoms with van der Waals surface area (Å²) in [5, 5.41) is 6.30. The summed E-state index contributed by atoms with van der Waals surface area (Å²) >= 11 is 0. The van der Waals surface area contributed by atoms with Gasteiger partial charge in [-0.15, -0.1) is 0 Å². The van der Waals surface area contributed by atoms with Crippen LogP contribution in [0.4, 0.5) is 10.1 Å². The SMILES string of the molecule is CC(NC(C(=O)Nc1ccc(F)cc1)c1ccccc1)C1CC1. The second-order valence-electron chi connectivity index (χ2n) is 6.13. The van der Waals surface area contributed by atoms with Crippen LogP contribution in [0.5, 0.6) is 0 Å². The van der Waals surface area contributed by atoms with Crippen molar-refractivity contribution in [3.8, 4) is 0 Å². The van der Waals surface area contributed by atoms with E-state index in [-0.39, 0.29) is 11.7 Å². The number of carbonyl (C=O) groups is 1. The van der Waals surface area contributed by atoms with Crippen molar-refractivity contribution in [1.29, 1.82) is 0 Å². The Balaban J connectivity index is 1.76. The third-order valence-electron chi connectivity index (χ3n) is 4.27. The minimum Gasteiger partial charge on any atom is -0.324 e. The molecule has 2 atom stereocenters. The molecule has 1 saturated carbocycles. The Morgan fingerprint density at radius 1 is 1.09 bits per heavy atom. The van der Waals surface area contributed by atoms with Gasteiger partial charge in [-0.3, -0.25) is 10.1 Å². The summed E-state index contributed by atoms with van der Waals surface area (Å²) < 4.78 is 13.0. The topological polar surface area (TPSA) is 41.1 Å². The second-order valence-corrected chi connectivity index (χ2v) is 6.13. The van der Waals surface area contributed by atoms with Crippen molar-refractivity contribution in [3.63, 3.8) is 0 Å². The largest absolute Gasteiger partial charge is 0.324 e.